The smallest absolute Gasteiger partial charge is 0.303 e. The number of methoxy groups -OCH3 is 2. The SMILES string of the molecule is CCc1c(OC)ccc(OC)c1C(N)CCC(=O)O. The molecule has 0 aliphatic heterocycles. The van der Waals surface area contributed by atoms with Crippen LogP contribution >= 0.6 is 0 Å². The van der Waals surface area contributed by atoms with Crippen molar-refractivity contribution in [3.8, 4) is 11.5 Å². The van der Waals surface area contributed by atoms with Crippen LogP contribution in [0.3, 0.4) is 0 Å². The average molecular weight is 267 g/mol. The number of carboxylic acid groups (broad SMARTS) is 1. The number of carboxylic acids is 1. The lowest BCUT2D eigenvalue weighted by molar-refractivity contribution is -0.137. The van der Waals surface area contributed by atoms with Crippen molar-refractivity contribution in [3.63, 3.8) is 0 Å². The van der Waals surface area contributed by atoms with Crippen molar-refractivity contribution in [2.24, 2.45) is 5.73 Å². The van der Waals surface area contributed by atoms with Crippen LogP contribution in [0.25, 0.3) is 0 Å². The third kappa shape index (κ3) is 3.61. The van der Waals surface area contributed by atoms with E-state index in [1.807, 2.05) is 13.0 Å². The minimum Gasteiger partial charge on any atom is -0.496 e. The topological polar surface area (TPSA) is 81.8 Å². The number of carbonyl (C=O) groups is 1. The monoisotopic (exact) mass is 267 g/mol. The maximum absolute atomic E-state index is 10.7. The molecule has 19 heavy (non-hydrogen) atoms. The maximum Gasteiger partial charge on any atom is 0.303 e. The molecule has 5 nitrogen and oxygen atoms in total. The van der Waals surface area contributed by atoms with Crippen LogP contribution in [0.2, 0.25) is 0 Å². The fraction of sp³-hybridized carbons (Fsp3) is 0.500. The summed E-state index contributed by atoms with van der Waals surface area (Å²) in [5.74, 6) is 0.579. The zero-order valence-corrected chi connectivity index (χ0v) is 11.6. The van der Waals surface area contributed by atoms with Crippen molar-refractivity contribution in [1.29, 1.82) is 0 Å². The second kappa shape index (κ2) is 6.99. The predicted molar refractivity (Wildman–Crippen MR) is 72.7 cm³/mol. The van der Waals surface area contributed by atoms with Crippen molar-refractivity contribution in [1.82, 2.24) is 0 Å². The van der Waals surface area contributed by atoms with Gasteiger partial charge in [0.05, 0.1) is 14.2 Å². The van der Waals surface area contributed by atoms with Crippen molar-refractivity contribution < 1.29 is 19.4 Å². The highest BCUT2D eigenvalue weighted by Crippen LogP contribution is 2.36. The molecule has 1 aromatic carbocycles. The summed E-state index contributed by atoms with van der Waals surface area (Å²) in [6.45, 7) is 2.00. The van der Waals surface area contributed by atoms with E-state index < -0.39 is 5.97 Å². The van der Waals surface area contributed by atoms with Gasteiger partial charge in [-0.25, -0.2) is 0 Å². The molecule has 5 heteroatoms. The molecule has 0 aliphatic carbocycles. The first kappa shape index (κ1) is 15.3. The first-order valence-corrected chi connectivity index (χ1v) is 6.26. The van der Waals surface area contributed by atoms with Crippen molar-refractivity contribution >= 4 is 5.97 Å². The third-order valence-corrected chi connectivity index (χ3v) is 3.11. The molecule has 0 aromatic heterocycles. The first-order valence-electron chi connectivity index (χ1n) is 6.26. The van der Waals surface area contributed by atoms with Crippen LogP contribution in [-0.4, -0.2) is 25.3 Å². The van der Waals surface area contributed by atoms with Gasteiger partial charge >= 0.3 is 5.97 Å². The lowest BCUT2D eigenvalue weighted by atomic mass is 9.94. The highest BCUT2D eigenvalue weighted by Gasteiger charge is 2.20. The summed E-state index contributed by atoms with van der Waals surface area (Å²) in [6, 6.07) is 3.26. The van der Waals surface area contributed by atoms with Gasteiger partial charge < -0.3 is 20.3 Å². The minimum absolute atomic E-state index is 0.0324. The Kier molecular flexibility index (Phi) is 5.63. The number of ether oxygens (including phenoxy) is 2. The predicted octanol–water partition coefficient (Wildman–Crippen LogP) is 2.13. The van der Waals surface area contributed by atoms with Crippen LogP contribution in [0.5, 0.6) is 11.5 Å². The Morgan fingerprint density at radius 1 is 1.32 bits per heavy atom. The van der Waals surface area contributed by atoms with Gasteiger partial charge in [0.15, 0.2) is 0 Å². The number of benzene rings is 1. The first-order chi connectivity index (χ1) is 9.04. The molecule has 0 aliphatic rings. The fourth-order valence-electron chi connectivity index (χ4n) is 2.19. The molecule has 106 valence electrons. The normalized spacial score (nSPS) is 12.0. The molecule has 0 heterocycles. The standard InChI is InChI=1S/C14H21NO4/c1-4-9-11(18-2)6-7-12(19-3)14(9)10(15)5-8-13(16)17/h6-7,10H,4-5,8,15H2,1-3H3,(H,16,17). The molecule has 1 aromatic rings. The van der Waals surface area contributed by atoms with Crippen LogP contribution < -0.4 is 15.2 Å². The summed E-state index contributed by atoms with van der Waals surface area (Å²) in [4.78, 5) is 10.7. The number of hydrogen-bond acceptors (Lipinski definition) is 4. The van der Waals surface area contributed by atoms with Gasteiger partial charge in [0.1, 0.15) is 11.5 Å². The molecule has 0 fully saturated rings. The molecular weight excluding hydrogens is 246 g/mol. The molecule has 1 atom stereocenters. The summed E-state index contributed by atoms with van der Waals surface area (Å²) >= 11 is 0. The van der Waals surface area contributed by atoms with Gasteiger partial charge in [0.25, 0.3) is 0 Å². The molecule has 1 rings (SSSR count). The van der Waals surface area contributed by atoms with E-state index in [0.717, 1.165) is 23.3 Å². The second-order valence-corrected chi connectivity index (χ2v) is 4.25. The van der Waals surface area contributed by atoms with E-state index in [4.69, 9.17) is 20.3 Å². The average Bonchev–Trinajstić information content (AvgIpc) is 2.42. The van der Waals surface area contributed by atoms with Gasteiger partial charge in [-0.2, -0.15) is 0 Å². The van der Waals surface area contributed by atoms with Crippen LogP contribution in [0, 0.1) is 0 Å². The molecule has 0 spiro atoms. The van der Waals surface area contributed by atoms with E-state index in [-0.39, 0.29) is 12.5 Å². The van der Waals surface area contributed by atoms with Gasteiger partial charge in [-0.3, -0.25) is 4.79 Å². The highest BCUT2D eigenvalue weighted by molar-refractivity contribution is 5.66. The molecule has 0 saturated carbocycles. The Labute approximate surface area is 113 Å². The van der Waals surface area contributed by atoms with Gasteiger partial charge in [-0.15, -0.1) is 0 Å². The Balaban J connectivity index is 3.16. The molecule has 3 N–H and O–H groups in total. The third-order valence-electron chi connectivity index (χ3n) is 3.11. The van der Waals surface area contributed by atoms with Crippen LogP contribution in [0.15, 0.2) is 12.1 Å². The molecule has 0 amide bonds. The van der Waals surface area contributed by atoms with Crippen LogP contribution in [0.1, 0.15) is 36.9 Å². The largest absolute Gasteiger partial charge is 0.496 e. The van der Waals surface area contributed by atoms with Crippen molar-refractivity contribution in [3.05, 3.63) is 23.3 Å². The van der Waals surface area contributed by atoms with Crippen LogP contribution in [-0.2, 0) is 11.2 Å². The van der Waals surface area contributed by atoms with E-state index >= 15 is 0 Å². The number of aliphatic carboxylic acids is 1. The molecular formula is C14H21NO4. The molecule has 0 bridgehead atoms. The molecule has 0 saturated heterocycles. The number of rotatable bonds is 7. The highest BCUT2D eigenvalue weighted by atomic mass is 16.5. The van der Waals surface area contributed by atoms with Gasteiger partial charge in [0, 0.05) is 23.6 Å². The number of nitrogens with two attached hydrogens (primary N) is 1. The maximum atomic E-state index is 10.7. The Hall–Kier alpha value is -1.75. The Morgan fingerprint density at radius 3 is 2.37 bits per heavy atom. The number of hydrogen-bond donors (Lipinski definition) is 2. The fourth-order valence-corrected chi connectivity index (χ4v) is 2.19. The summed E-state index contributed by atoms with van der Waals surface area (Å²) in [5.41, 5.74) is 7.93. The Morgan fingerprint density at radius 2 is 1.89 bits per heavy atom. The lowest BCUT2D eigenvalue weighted by Gasteiger charge is -2.21. The van der Waals surface area contributed by atoms with E-state index in [2.05, 4.69) is 0 Å². The molecule has 0 radical (unpaired) electrons. The molecule has 1 unspecified atom stereocenters. The summed E-state index contributed by atoms with van der Waals surface area (Å²) < 4.78 is 10.7. The lowest BCUT2D eigenvalue weighted by Crippen LogP contribution is -2.16. The van der Waals surface area contributed by atoms with Crippen molar-refractivity contribution in [2.75, 3.05) is 14.2 Å². The summed E-state index contributed by atoms with van der Waals surface area (Å²) in [5, 5.41) is 8.75. The van der Waals surface area contributed by atoms with Gasteiger partial charge in [0.2, 0.25) is 0 Å². The van der Waals surface area contributed by atoms with E-state index in [1.165, 1.54) is 0 Å². The van der Waals surface area contributed by atoms with Crippen LogP contribution in [0.4, 0.5) is 0 Å². The second-order valence-electron chi connectivity index (χ2n) is 4.25. The van der Waals surface area contributed by atoms with E-state index in [0.29, 0.717) is 12.2 Å². The Bertz CT molecular complexity index is 445. The van der Waals surface area contributed by atoms with E-state index in [9.17, 15) is 4.79 Å². The summed E-state index contributed by atoms with van der Waals surface area (Å²) in [7, 11) is 3.18. The quantitative estimate of drug-likeness (QED) is 0.791. The minimum atomic E-state index is -0.852. The van der Waals surface area contributed by atoms with Crippen molar-refractivity contribution in [2.45, 2.75) is 32.2 Å². The zero-order chi connectivity index (χ0) is 14.4. The summed E-state index contributed by atoms with van der Waals surface area (Å²) in [6.07, 6.45) is 1.15. The zero-order valence-electron chi connectivity index (χ0n) is 11.6. The van der Waals surface area contributed by atoms with E-state index in [1.54, 1.807) is 20.3 Å². The van der Waals surface area contributed by atoms with Gasteiger partial charge in [-0.1, -0.05) is 6.92 Å². The van der Waals surface area contributed by atoms with Gasteiger partial charge in [-0.05, 0) is 25.0 Å².